The lowest BCUT2D eigenvalue weighted by atomic mass is 10.1. The van der Waals surface area contributed by atoms with Crippen LogP contribution in [0.4, 0.5) is 0 Å². The summed E-state index contributed by atoms with van der Waals surface area (Å²) in [6.07, 6.45) is 1.97. The minimum absolute atomic E-state index is 0.389. The average Bonchev–Trinajstić information content (AvgIpc) is 2.47. The Labute approximate surface area is 82.0 Å². The Morgan fingerprint density at radius 2 is 2.15 bits per heavy atom. The van der Waals surface area contributed by atoms with E-state index in [1.54, 1.807) is 6.07 Å². The normalized spacial score (nSPS) is 14.4. The van der Waals surface area contributed by atoms with E-state index < -0.39 is 0 Å². The van der Waals surface area contributed by atoms with E-state index in [0.29, 0.717) is 5.56 Å². The maximum atomic E-state index is 10.9. The van der Waals surface area contributed by atoms with Crippen LogP contribution in [-0.2, 0) is 6.42 Å². The smallest absolute Gasteiger partial charge is 0.252 e. The number of halogens is 1. The van der Waals surface area contributed by atoms with Crippen LogP contribution < -0.4 is 0 Å². The molecule has 0 fully saturated rings. The van der Waals surface area contributed by atoms with E-state index in [1.165, 1.54) is 11.1 Å². The van der Waals surface area contributed by atoms with Gasteiger partial charge < -0.3 is 0 Å². The lowest BCUT2D eigenvalue weighted by Gasteiger charge is -2.00. The number of hydrogen-bond donors (Lipinski definition) is 0. The molecule has 0 heterocycles. The van der Waals surface area contributed by atoms with Crippen molar-refractivity contribution in [3.05, 3.63) is 41.5 Å². The van der Waals surface area contributed by atoms with Crippen LogP contribution in [0.3, 0.4) is 0 Å². The molecule has 2 heteroatoms. The van der Waals surface area contributed by atoms with Crippen molar-refractivity contribution in [3.63, 3.8) is 0 Å². The van der Waals surface area contributed by atoms with Crippen molar-refractivity contribution in [1.29, 1.82) is 0 Å². The molecule has 0 spiro atoms. The zero-order valence-electron chi connectivity index (χ0n) is 7.14. The van der Waals surface area contributed by atoms with Gasteiger partial charge in [-0.25, -0.2) is 0 Å². The van der Waals surface area contributed by atoms with Crippen molar-refractivity contribution >= 4 is 22.4 Å². The summed E-state index contributed by atoms with van der Waals surface area (Å²) in [5.41, 5.74) is 4.11. The lowest BCUT2D eigenvalue weighted by Crippen LogP contribution is -1.91. The lowest BCUT2D eigenvalue weighted by molar-refractivity contribution is 0.108. The standard InChI is InChI=1S/C11H9ClO/c1-7-2-3-8-6-9(11(12)13)4-5-10(7)8/h4-6H,1-3H2. The van der Waals surface area contributed by atoms with Crippen LogP contribution in [0.1, 0.15) is 27.9 Å². The number of benzene rings is 1. The highest BCUT2D eigenvalue weighted by Crippen LogP contribution is 2.31. The molecular formula is C11H9ClO. The Balaban J connectivity index is 2.51. The first-order valence-corrected chi connectivity index (χ1v) is 4.57. The Morgan fingerprint density at radius 1 is 1.38 bits per heavy atom. The molecule has 66 valence electrons. The van der Waals surface area contributed by atoms with Crippen LogP contribution in [0.25, 0.3) is 5.57 Å². The predicted octanol–water partition coefficient (Wildman–Crippen LogP) is 3.03. The van der Waals surface area contributed by atoms with Gasteiger partial charge in [-0.1, -0.05) is 12.6 Å². The largest absolute Gasteiger partial charge is 0.276 e. The highest BCUT2D eigenvalue weighted by Gasteiger charge is 2.15. The van der Waals surface area contributed by atoms with Gasteiger partial charge in [-0.05, 0) is 53.3 Å². The van der Waals surface area contributed by atoms with Crippen LogP contribution in [-0.4, -0.2) is 5.24 Å². The van der Waals surface area contributed by atoms with Gasteiger partial charge in [-0.3, -0.25) is 4.79 Å². The van der Waals surface area contributed by atoms with Gasteiger partial charge in [0.25, 0.3) is 5.24 Å². The monoisotopic (exact) mass is 192 g/mol. The molecule has 0 aromatic heterocycles. The third kappa shape index (κ3) is 1.40. The molecule has 0 aliphatic heterocycles. The summed E-state index contributed by atoms with van der Waals surface area (Å²) in [5, 5.41) is -0.389. The number of aryl methyl sites for hydroxylation is 1. The Hall–Kier alpha value is -1.08. The first-order chi connectivity index (χ1) is 6.18. The van der Waals surface area contributed by atoms with Gasteiger partial charge in [-0.2, -0.15) is 0 Å². The Morgan fingerprint density at radius 3 is 2.85 bits per heavy atom. The average molecular weight is 193 g/mol. The van der Waals surface area contributed by atoms with Gasteiger partial charge >= 0.3 is 0 Å². The van der Waals surface area contributed by atoms with Crippen molar-refractivity contribution in [1.82, 2.24) is 0 Å². The van der Waals surface area contributed by atoms with Crippen molar-refractivity contribution < 1.29 is 4.79 Å². The maximum absolute atomic E-state index is 10.9. The van der Waals surface area contributed by atoms with E-state index in [1.807, 2.05) is 12.1 Å². The van der Waals surface area contributed by atoms with Crippen molar-refractivity contribution in [2.24, 2.45) is 0 Å². The molecule has 0 atom stereocenters. The van der Waals surface area contributed by atoms with Gasteiger partial charge in [0.1, 0.15) is 0 Å². The van der Waals surface area contributed by atoms with Crippen molar-refractivity contribution in [2.75, 3.05) is 0 Å². The minimum Gasteiger partial charge on any atom is -0.276 e. The molecule has 0 saturated carbocycles. The maximum Gasteiger partial charge on any atom is 0.252 e. The third-order valence-electron chi connectivity index (χ3n) is 2.41. The summed E-state index contributed by atoms with van der Waals surface area (Å²) in [6.45, 7) is 3.95. The van der Waals surface area contributed by atoms with Crippen molar-refractivity contribution in [3.8, 4) is 0 Å². The molecule has 13 heavy (non-hydrogen) atoms. The highest BCUT2D eigenvalue weighted by molar-refractivity contribution is 6.67. The number of carbonyl (C=O) groups is 1. The summed E-state index contributed by atoms with van der Waals surface area (Å²) in [7, 11) is 0. The molecule has 1 aromatic rings. The fourth-order valence-electron chi connectivity index (χ4n) is 1.69. The number of allylic oxidation sites excluding steroid dienone is 1. The van der Waals surface area contributed by atoms with Crippen LogP contribution >= 0.6 is 11.6 Å². The van der Waals surface area contributed by atoms with Gasteiger partial charge in [-0.15, -0.1) is 0 Å². The van der Waals surface area contributed by atoms with Crippen LogP contribution in [0.5, 0.6) is 0 Å². The Kier molecular flexibility index (Phi) is 1.97. The van der Waals surface area contributed by atoms with Gasteiger partial charge in [0, 0.05) is 5.56 Å². The predicted molar refractivity (Wildman–Crippen MR) is 54.0 cm³/mol. The summed E-state index contributed by atoms with van der Waals surface area (Å²) >= 11 is 5.38. The van der Waals surface area contributed by atoms with Gasteiger partial charge in [0.05, 0.1) is 0 Å². The fraction of sp³-hybridized carbons (Fsp3) is 0.182. The summed E-state index contributed by atoms with van der Waals surface area (Å²) in [4.78, 5) is 10.9. The molecule has 1 aromatic carbocycles. The first-order valence-electron chi connectivity index (χ1n) is 4.19. The van der Waals surface area contributed by atoms with E-state index in [-0.39, 0.29) is 5.24 Å². The molecule has 0 amide bonds. The molecule has 1 aliphatic rings. The summed E-state index contributed by atoms with van der Waals surface area (Å²) in [5.74, 6) is 0. The zero-order valence-corrected chi connectivity index (χ0v) is 7.90. The number of hydrogen-bond acceptors (Lipinski definition) is 1. The number of rotatable bonds is 1. The topological polar surface area (TPSA) is 17.1 Å². The zero-order chi connectivity index (χ0) is 9.42. The van der Waals surface area contributed by atoms with Crippen molar-refractivity contribution in [2.45, 2.75) is 12.8 Å². The quantitative estimate of drug-likeness (QED) is 0.626. The number of fused-ring (bicyclic) bond motifs is 1. The van der Waals surface area contributed by atoms with E-state index in [4.69, 9.17) is 11.6 Å². The van der Waals surface area contributed by atoms with E-state index in [9.17, 15) is 4.79 Å². The second kappa shape index (κ2) is 3.00. The highest BCUT2D eigenvalue weighted by atomic mass is 35.5. The molecule has 0 bridgehead atoms. The Bertz CT molecular complexity index is 393. The fourth-order valence-corrected chi connectivity index (χ4v) is 1.81. The number of carbonyl (C=O) groups excluding carboxylic acids is 1. The minimum atomic E-state index is -0.389. The summed E-state index contributed by atoms with van der Waals surface area (Å²) in [6, 6.07) is 5.55. The molecule has 1 nitrogen and oxygen atoms in total. The molecule has 0 N–H and O–H groups in total. The molecule has 0 radical (unpaired) electrons. The van der Waals surface area contributed by atoms with Gasteiger partial charge in [0.2, 0.25) is 0 Å². The van der Waals surface area contributed by atoms with Crippen LogP contribution in [0.15, 0.2) is 24.8 Å². The molecule has 1 aliphatic carbocycles. The SMILES string of the molecule is C=C1CCc2cc(C(=O)Cl)ccc21. The third-order valence-corrected chi connectivity index (χ3v) is 2.63. The van der Waals surface area contributed by atoms with E-state index in [2.05, 4.69) is 6.58 Å². The first kappa shape index (κ1) is 8.52. The van der Waals surface area contributed by atoms with Crippen LogP contribution in [0, 0.1) is 0 Å². The van der Waals surface area contributed by atoms with Gasteiger partial charge in [0.15, 0.2) is 0 Å². The molecule has 2 rings (SSSR count). The second-order valence-electron chi connectivity index (χ2n) is 3.25. The van der Waals surface area contributed by atoms with E-state index >= 15 is 0 Å². The molecular weight excluding hydrogens is 184 g/mol. The van der Waals surface area contributed by atoms with E-state index in [0.717, 1.165) is 18.4 Å². The second-order valence-corrected chi connectivity index (χ2v) is 3.59. The molecule has 0 unspecified atom stereocenters. The van der Waals surface area contributed by atoms with Crippen LogP contribution in [0.2, 0.25) is 0 Å². The summed E-state index contributed by atoms with van der Waals surface area (Å²) < 4.78 is 0. The molecule has 0 saturated heterocycles.